The lowest BCUT2D eigenvalue weighted by Crippen LogP contribution is -2.17. The van der Waals surface area contributed by atoms with Crippen LogP contribution >= 0.6 is 0 Å². The van der Waals surface area contributed by atoms with Crippen LogP contribution in [0.2, 0.25) is 0 Å². The number of rotatable bonds is 4. The summed E-state index contributed by atoms with van der Waals surface area (Å²) in [4.78, 5) is 4.28. The lowest BCUT2D eigenvalue weighted by atomic mass is 10.0. The molecule has 2 aromatic rings. The average Bonchev–Trinajstić information content (AvgIpc) is 2.76. The van der Waals surface area contributed by atoms with Gasteiger partial charge in [0.15, 0.2) is 0 Å². The number of benzene rings is 1. The highest BCUT2D eigenvalue weighted by atomic mass is 15.1. The lowest BCUT2D eigenvalue weighted by molar-refractivity contribution is 0.632. The van der Waals surface area contributed by atoms with E-state index in [1.807, 2.05) is 17.8 Å². The van der Waals surface area contributed by atoms with Gasteiger partial charge in [0.2, 0.25) is 0 Å². The summed E-state index contributed by atoms with van der Waals surface area (Å²) >= 11 is 0. The fourth-order valence-corrected chi connectivity index (χ4v) is 1.99. The minimum atomic E-state index is -0.0394. The third kappa shape index (κ3) is 2.74. The smallest absolute Gasteiger partial charge is 0.125 e. The molecule has 1 aromatic carbocycles. The molecule has 2 rings (SSSR count). The van der Waals surface area contributed by atoms with E-state index in [2.05, 4.69) is 36.2 Å². The Labute approximate surface area is 102 Å². The van der Waals surface area contributed by atoms with Crippen LogP contribution in [-0.2, 0) is 19.9 Å². The van der Waals surface area contributed by atoms with Gasteiger partial charge in [-0.25, -0.2) is 4.98 Å². The zero-order valence-corrected chi connectivity index (χ0v) is 10.4. The Kier molecular flexibility index (Phi) is 3.59. The van der Waals surface area contributed by atoms with Crippen molar-refractivity contribution in [1.82, 2.24) is 9.55 Å². The van der Waals surface area contributed by atoms with Crippen LogP contribution in [0.15, 0.2) is 36.7 Å². The number of nitrogens with zero attached hydrogens (tertiary/aromatic N) is 2. The molecule has 0 spiro atoms. The second kappa shape index (κ2) is 5.15. The van der Waals surface area contributed by atoms with Gasteiger partial charge >= 0.3 is 0 Å². The van der Waals surface area contributed by atoms with Crippen molar-refractivity contribution < 1.29 is 0 Å². The largest absolute Gasteiger partial charge is 0.337 e. The van der Waals surface area contributed by atoms with Crippen LogP contribution in [0.4, 0.5) is 0 Å². The van der Waals surface area contributed by atoms with Crippen LogP contribution in [0, 0.1) is 0 Å². The molecule has 0 aliphatic rings. The van der Waals surface area contributed by atoms with Crippen molar-refractivity contribution in [3.05, 3.63) is 53.6 Å². The molecule has 0 radical (unpaired) electrons. The van der Waals surface area contributed by atoms with Crippen molar-refractivity contribution in [1.29, 1.82) is 0 Å². The molecule has 2 N–H and O–H groups in total. The Morgan fingerprint density at radius 2 is 1.88 bits per heavy atom. The number of nitrogens with two attached hydrogens (primary N) is 1. The predicted molar refractivity (Wildman–Crippen MR) is 69.7 cm³/mol. The highest BCUT2D eigenvalue weighted by molar-refractivity contribution is 5.23. The average molecular weight is 229 g/mol. The fourth-order valence-electron chi connectivity index (χ4n) is 1.99. The Morgan fingerprint density at radius 3 is 2.41 bits per heavy atom. The molecule has 0 aliphatic carbocycles. The summed E-state index contributed by atoms with van der Waals surface area (Å²) in [5.74, 6) is 0.935. The normalized spacial score (nSPS) is 12.6. The second-order valence-corrected chi connectivity index (χ2v) is 4.38. The van der Waals surface area contributed by atoms with Crippen LogP contribution in [-0.4, -0.2) is 9.55 Å². The molecule has 0 amide bonds. The molecular formula is C14H19N3. The minimum absolute atomic E-state index is 0.0394. The topological polar surface area (TPSA) is 43.8 Å². The SMILES string of the molecule is CCc1ccc(CC(N)c2nccn2C)cc1. The van der Waals surface area contributed by atoms with Gasteiger partial charge in [-0.1, -0.05) is 31.2 Å². The Morgan fingerprint density at radius 1 is 1.24 bits per heavy atom. The molecule has 17 heavy (non-hydrogen) atoms. The highest BCUT2D eigenvalue weighted by Gasteiger charge is 2.11. The number of hydrogen-bond donors (Lipinski definition) is 1. The summed E-state index contributed by atoms with van der Waals surface area (Å²) in [7, 11) is 1.97. The second-order valence-electron chi connectivity index (χ2n) is 4.38. The molecule has 0 fully saturated rings. The summed E-state index contributed by atoms with van der Waals surface area (Å²) in [5.41, 5.74) is 8.78. The van der Waals surface area contributed by atoms with Crippen molar-refractivity contribution in [2.45, 2.75) is 25.8 Å². The van der Waals surface area contributed by atoms with Crippen LogP contribution in [0.25, 0.3) is 0 Å². The Balaban J connectivity index is 2.07. The van der Waals surface area contributed by atoms with Crippen LogP contribution in [0.1, 0.15) is 29.9 Å². The summed E-state index contributed by atoms with van der Waals surface area (Å²) in [6.45, 7) is 2.16. The summed E-state index contributed by atoms with van der Waals surface area (Å²) in [6.07, 6.45) is 5.62. The molecule has 90 valence electrons. The van der Waals surface area contributed by atoms with Crippen LogP contribution in [0.3, 0.4) is 0 Å². The van der Waals surface area contributed by atoms with Crippen molar-refractivity contribution in [2.75, 3.05) is 0 Å². The number of aromatic nitrogens is 2. The molecular weight excluding hydrogens is 210 g/mol. The van der Waals surface area contributed by atoms with Crippen LogP contribution in [0.5, 0.6) is 0 Å². The maximum absolute atomic E-state index is 6.16. The van der Waals surface area contributed by atoms with Gasteiger partial charge in [-0.2, -0.15) is 0 Å². The predicted octanol–water partition coefficient (Wildman–Crippen LogP) is 2.22. The van der Waals surface area contributed by atoms with E-state index in [1.165, 1.54) is 11.1 Å². The third-order valence-corrected chi connectivity index (χ3v) is 3.08. The summed E-state index contributed by atoms with van der Waals surface area (Å²) in [6, 6.07) is 8.60. The first-order valence-electron chi connectivity index (χ1n) is 6.01. The maximum Gasteiger partial charge on any atom is 0.125 e. The molecule has 1 unspecified atom stereocenters. The van der Waals surface area contributed by atoms with E-state index in [-0.39, 0.29) is 6.04 Å². The van der Waals surface area contributed by atoms with E-state index in [4.69, 9.17) is 5.73 Å². The fraction of sp³-hybridized carbons (Fsp3) is 0.357. The first kappa shape index (κ1) is 11.9. The van der Waals surface area contributed by atoms with Gasteiger partial charge in [0.1, 0.15) is 5.82 Å². The first-order valence-corrected chi connectivity index (χ1v) is 6.01. The molecule has 0 aliphatic heterocycles. The molecule has 0 saturated carbocycles. The van der Waals surface area contributed by atoms with E-state index < -0.39 is 0 Å². The Hall–Kier alpha value is -1.61. The zero-order valence-electron chi connectivity index (χ0n) is 10.4. The van der Waals surface area contributed by atoms with E-state index in [9.17, 15) is 0 Å². The van der Waals surface area contributed by atoms with Crippen molar-refractivity contribution >= 4 is 0 Å². The summed E-state index contributed by atoms with van der Waals surface area (Å²) < 4.78 is 1.98. The van der Waals surface area contributed by atoms with Gasteiger partial charge in [0.05, 0.1) is 6.04 Å². The van der Waals surface area contributed by atoms with Gasteiger partial charge in [0, 0.05) is 19.4 Å². The minimum Gasteiger partial charge on any atom is -0.337 e. The van der Waals surface area contributed by atoms with Crippen LogP contribution < -0.4 is 5.73 Å². The number of hydrogen-bond acceptors (Lipinski definition) is 2. The molecule has 1 atom stereocenters. The number of imidazole rings is 1. The van der Waals surface area contributed by atoms with Crippen molar-refractivity contribution in [3.8, 4) is 0 Å². The summed E-state index contributed by atoms with van der Waals surface area (Å²) in [5, 5.41) is 0. The maximum atomic E-state index is 6.16. The third-order valence-electron chi connectivity index (χ3n) is 3.08. The molecule has 0 saturated heterocycles. The van der Waals surface area contributed by atoms with Crippen molar-refractivity contribution in [3.63, 3.8) is 0 Å². The van der Waals surface area contributed by atoms with Gasteiger partial charge in [-0.15, -0.1) is 0 Å². The number of aryl methyl sites for hydroxylation is 2. The Bertz CT molecular complexity index is 470. The van der Waals surface area contributed by atoms with Gasteiger partial charge in [0.25, 0.3) is 0 Å². The molecule has 1 heterocycles. The van der Waals surface area contributed by atoms with Gasteiger partial charge < -0.3 is 10.3 Å². The molecule has 0 bridgehead atoms. The zero-order chi connectivity index (χ0) is 12.3. The molecule has 3 heteroatoms. The van der Waals surface area contributed by atoms with E-state index in [0.29, 0.717) is 0 Å². The first-order chi connectivity index (χ1) is 8.20. The lowest BCUT2D eigenvalue weighted by Gasteiger charge is -2.11. The van der Waals surface area contributed by atoms with E-state index >= 15 is 0 Å². The van der Waals surface area contributed by atoms with Gasteiger partial charge in [-0.3, -0.25) is 0 Å². The monoisotopic (exact) mass is 229 g/mol. The van der Waals surface area contributed by atoms with E-state index in [0.717, 1.165) is 18.7 Å². The van der Waals surface area contributed by atoms with Crippen molar-refractivity contribution in [2.24, 2.45) is 12.8 Å². The standard InChI is InChI=1S/C14H19N3/c1-3-11-4-6-12(7-5-11)10-13(15)14-16-8-9-17(14)2/h4-9,13H,3,10,15H2,1-2H3. The molecule has 1 aromatic heterocycles. The van der Waals surface area contributed by atoms with E-state index in [1.54, 1.807) is 6.20 Å². The van der Waals surface area contributed by atoms with Gasteiger partial charge in [-0.05, 0) is 24.0 Å². The molecule has 3 nitrogen and oxygen atoms in total. The quantitative estimate of drug-likeness (QED) is 0.873. The highest BCUT2D eigenvalue weighted by Crippen LogP contribution is 2.14.